The van der Waals surface area contributed by atoms with E-state index >= 15 is 0 Å². The first-order valence-electron chi connectivity index (χ1n) is 8.72. The minimum absolute atomic E-state index is 0.153. The van der Waals surface area contributed by atoms with Crippen LogP contribution in [0.3, 0.4) is 0 Å². The largest absolute Gasteiger partial charge is 0.340 e. The van der Waals surface area contributed by atoms with Crippen LogP contribution in [0.25, 0.3) is 0 Å². The molecule has 24 heavy (non-hydrogen) atoms. The molecule has 4 rings (SSSR count). The van der Waals surface area contributed by atoms with Gasteiger partial charge in [0.2, 0.25) is 5.91 Å². The van der Waals surface area contributed by atoms with Crippen LogP contribution in [0.1, 0.15) is 23.4 Å². The van der Waals surface area contributed by atoms with Crippen molar-refractivity contribution < 1.29 is 4.79 Å². The number of aryl methyl sites for hydroxylation is 1. The molecule has 1 aromatic carbocycles. The number of benzene rings is 1. The van der Waals surface area contributed by atoms with Gasteiger partial charge in [-0.3, -0.25) is 14.8 Å². The molecule has 1 atom stereocenters. The van der Waals surface area contributed by atoms with Crippen molar-refractivity contribution in [2.24, 2.45) is 5.92 Å². The van der Waals surface area contributed by atoms with E-state index in [2.05, 4.69) is 49.2 Å². The van der Waals surface area contributed by atoms with Crippen molar-refractivity contribution in [2.75, 3.05) is 26.2 Å². The summed E-state index contributed by atoms with van der Waals surface area (Å²) in [5.41, 5.74) is 2.77. The smallest absolute Gasteiger partial charge is 0.226 e. The lowest BCUT2D eigenvalue weighted by molar-refractivity contribution is -0.137. The van der Waals surface area contributed by atoms with Crippen molar-refractivity contribution >= 4 is 5.91 Å². The first kappa shape index (κ1) is 15.3. The highest BCUT2D eigenvalue weighted by Crippen LogP contribution is 2.27. The molecule has 2 aromatic rings. The number of nitrogens with zero attached hydrogens (tertiary/aromatic N) is 4. The number of aromatic amines is 1. The molecule has 126 valence electrons. The van der Waals surface area contributed by atoms with Gasteiger partial charge in [-0.25, -0.2) is 4.98 Å². The third kappa shape index (κ3) is 3.19. The van der Waals surface area contributed by atoms with Gasteiger partial charge in [-0.1, -0.05) is 24.3 Å². The van der Waals surface area contributed by atoms with Crippen LogP contribution < -0.4 is 0 Å². The molecule has 6 heteroatoms. The molecule has 0 radical (unpaired) electrons. The van der Waals surface area contributed by atoms with Crippen molar-refractivity contribution in [3.63, 3.8) is 0 Å². The molecule has 1 amide bonds. The van der Waals surface area contributed by atoms with Gasteiger partial charge in [0.15, 0.2) is 0 Å². The van der Waals surface area contributed by atoms with E-state index < -0.39 is 0 Å². The second-order valence-electron chi connectivity index (χ2n) is 6.74. The predicted molar refractivity (Wildman–Crippen MR) is 90.2 cm³/mol. The lowest BCUT2D eigenvalue weighted by Gasteiger charge is -2.37. The maximum absolute atomic E-state index is 12.9. The van der Waals surface area contributed by atoms with Crippen LogP contribution in [0, 0.1) is 5.92 Å². The highest BCUT2D eigenvalue weighted by Gasteiger charge is 2.30. The van der Waals surface area contributed by atoms with Crippen LogP contribution in [0.2, 0.25) is 0 Å². The summed E-state index contributed by atoms with van der Waals surface area (Å²) in [4.78, 5) is 21.4. The van der Waals surface area contributed by atoms with E-state index in [1.54, 1.807) is 0 Å². The quantitative estimate of drug-likeness (QED) is 0.922. The standard InChI is InChI=1S/C18H23N5O/c24-18(16-6-5-14-3-1-2-4-15(14)11-16)23-9-7-22(8-10-23)12-17-19-13-20-21-17/h1-4,13,16H,5-12H2,(H,19,20,21)/t16-/m1/s1. The van der Waals surface area contributed by atoms with E-state index in [9.17, 15) is 4.79 Å². The Labute approximate surface area is 141 Å². The summed E-state index contributed by atoms with van der Waals surface area (Å²) in [7, 11) is 0. The second-order valence-corrected chi connectivity index (χ2v) is 6.74. The summed E-state index contributed by atoms with van der Waals surface area (Å²) in [5, 5.41) is 6.78. The van der Waals surface area contributed by atoms with Crippen molar-refractivity contribution in [2.45, 2.75) is 25.8 Å². The Morgan fingerprint density at radius 1 is 1.17 bits per heavy atom. The highest BCUT2D eigenvalue weighted by atomic mass is 16.2. The summed E-state index contributed by atoms with van der Waals surface area (Å²) < 4.78 is 0. The maximum Gasteiger partial charge on any atom is 0.226 e. The third-order valence-corrected chi connectivity index (χ3v) is 5.22. The number of H-pyrrole nitrogens is 1. The van der Waals surface area contributed by atoms with Gasteiger partial charge in [0.05, 0.1) is 6.54 Å². The average molecular weight is 325 g/mol. The SMILES string of the molecule is O=C([C@@H]1CCc2ccccc2C1)N1CCN(Cc2ncn[nH]2)CC1. The van der Waals surface area contributed by atoms with E-state index in [0.717, 1.165) is 57.8 Å². The number of nitrogens with one attached hydrogen (secondary N) is 1. The Kier molecular flexibility index (Phi) is 4.30. The Bertz CT molecular complexity index is 691. The van der Waals surface area contributed by atoms with Crippen LogP contribution in [0.4, 0.5) is 0 Å². The molecule has 1 fully saturated rings. The number of hydrogen-bond acceptors (Lipinski definition) is 4. The van der Waals surface area contributed by atoms with Crippen LogP contribution in [0.5, 0.6) is 0 Å². The maximum atomic E-state index is 12.9. The number of piperazine rings is 1. The number of fused-ring (bicyclic) bond motifs is 1. The Morgan fingerprint density at radius 3 is 2.71 bits per heavy atom. The van der Waals surface area contributed by atoms with Gasteiger partial charge >= 0.3 is 0 Å². The number of carbonyl (C=O) groups excluding carboxylic acids is 1. The van der Waals surface area contributed by atoms with Crippen molar-refractivity contribution in [3.05, 3.63) is 47.5 Å². The molecule has 2 aliphatic rings. The van der Waals surface area contributed by atoms with Gasteiger partial charge in [0.25, 0.3) is 0 Å². The van der Waals surface area contributed by atoms with Crippen molar-refractivity contribution in [1.82, 2.24) is 25.0 Å². The molecular formula is C18H23N5O. The molecule has 1 aliphatic carbocycles. The first-order valence-corrected chi connectivity index (χ1v) is 8.72. The molecule has 1 aromatic heterocycles. The molecule has 6 nitrogen and oxygen atoms in total. The molecule has 0 bridgehead atoms. The molecule has 1 aliphatic heterocycles. The zero-order valence-electron chi connectivity index (χ0n) is 13.8. The molecule has 2 heterocycles. The molecule has 1 N–H and O–H groups in total. The lowest BCUT2D eigenvalue weighted by Crippen LogP contribution is -2.50. The van der Waals surface area contributed by atoms with Crippen molar-refractivity contribution in [3.8, 4) is 0 Å². The van der Waals surface area contributed by atoms with Gasteiger partial charge in [-0.05, 0) is 30.4 Å². The zero-order chi connectivity index (χ0) is 16.4. The van der Waals surface area contributed by atoms with Gasteiger partial charge in [0, 0.05) is 32.1 Å². The van der Waals surface area contributed by atoms with Crippen molar-refractivity contribution in [1.29, 1.82) is 0 Å². The topological polar surface area (TPSA) is 65.1 Å². The number of carbonyl (C=O) groups is 1. The normalized spacial score (nSPS) is 21.5. The average Bonchev–Trinajstić information content (AvgIpc) is 3.14. The first-order chi connectivity index (χ1) is 11.8. The number of rotatable bonds is 3. The molecule has 0 saturated carbocycles. The fraction of sp³-hybridized carbons (Fsp3) is 0.500. The fourth-order valence-electron chi connectivity index (χ4n) is 3.81. The summed E-state index contributed by atoms with van der Waals surface area (Å²) in [6.07, 6.45) is 4.44. The molecular weight excluding hydrogens is 302 g/mol. The minimum atomic E-state index is 0.153. The lowest BCUT2D eigenvalue weighted by atomic mass is 9.83. The molecule has 1 saturated heterocycles. The van der Waals surface area contributed by atoms with Gasteiger partial charge < -0.3 is 4.90 Å². The van der Waals surface area contributed by atoms with Gasteiger partial charge in [-0.15, -0.1) is 0 Å². The van der Waals surface area contributed by atoms with E-state index in [0.29, 0.717) is 5.91 Å². The Balaban J connectivity index is 1.32. The Hall–Kier alpha value is -2.21. The van der Waals surface area contributed by atoms with Crippen LogP contribution in [-0.4, -0.2) is 57.1 Å². The zero-order valence-corrected chi connectivity index (χ0v) is 13.8. The van der Waals surface area contributed by atoms with Gasteiger partial charge in [-0.2, -0.15) is 5.10 Å². The Morgan fingerprint density at radius 2 is 1.96 bits per heavy atom. The number of aromatic nitrogens is 3. The summed E-state index contributed by atoms with van der Waals surface area (Å²) >= 11 is 0. The van der Waals surface area contributed by atoms with E-state index in [1.165, 1.54) is 17.5 Å². The molecule has 0 unspecified atom stereocenters. The third-order valence-electron chi connectivity index (χ3n) is 5.22. The highest BCUT2D eigenvalue weighted by molar-refractivity contribution is 5.79. The second kappa shape index (κ2) is 6.73. The fourth-order valence-corrected chi connectivity index (χ4v) is 3.81. The minimum Gasteiger partial charge on any atom is -0.340 e. The number of amides is 1. The monoisotopic (exact) mass is 325 g/mol. The van der Waals surface area contributed by atoms with E-state index in [4.69, 9.17) is 0 Å². The summed E-state index contributed by atoms with van der Waals surface area (Å²) in [6, 6.07) is 8.53. The van der Waals surface area contributed by atoms with E-state index in [1.807, 2.05) is 0 Å². The molecule has 0 spiro atoms. The summed E-state index contributed by atoms with van der Waals surface area (Å²) in [5.74, 6) is 1.38. The summed E-state index contributed by atoms with van der Waals surface area (Å²) in [6.45, 7) is 4.20. The van der Waals surface area contributed by atoms with E-state index in [-0.39, 0.29) is 5.92 Å². The van der Waals surface area contributed by atoms with Crippen LogP contribution in [0.15, 0.2) is 30.6 Å². The van der Waals surface area contributed by atoms with Gasteiger partial charge in [0.1, 0.15) is 12.2 Å². The predicted octanol–water partition coefficient (Wildman–Crippen LogP) is 1.25. The number of hydrogen-bond donors (Lipinski definition) is 1. The van der Waals surface area contributed by atoms with Crippen LogP contribution in [-0.2, 0) is 24.2 Å². The van der Waals surface area contributed by atoms with Crippen LogP contribution >= 0.6 is 0 Å².